The van der Waals surface area contributed by atoms with Crippen LogP contribution in [-0.4, -0.2) is 15.0 Å². The van der Waals surface area contributed by atoms with Crippen LogP contribution in [-0.2, 0) is 25.7 Å². The topological polar surface area (TPSA) is 62.5 Å². The zero-order valence-corrected chi connectivity index (χ0v) is 44.9. The SMILES string of the molecule is CC(C)c1cccc(C(C)C)c1-c1ccnc(-c2ccc(-c3ccccc3-c3cc(CCc4ccc(-c5ccccn5)cc4)cc(CCc4ccc(-c5ccccn5)cc4)c3)c(-c3ccc(-c4ccc(C#N)cc4)cc3)c2)c1. The number of benzene rings is 8. The average Bonchev–Trinajstić information content (AvgIpc) is 3.53. The van der Waals surface area contributed by atoms with E-state index in [1.54, 1.807) is 0 Å². The highest BCUT2D eigenvalue weighted by molar-refractivity contribution is 5.94. The van der Waals surface area contributed by atoms with Crippen LogP contribution in [0.15, 0.2) is 243 Å². The monoisotopic (exact) mass is 1010 g/mol. The van der Waals surface area contributed by atoms with Crippen LogP contribution in [0.5, 0.6) is 0 Å². The van der Waals surface area contributed by atoms with Gasteiger partial charge < -0.3 is 0 Å². The molecule has 4 nitrogen and oxygen atoms in total. The second kappa shape index (κ2) is 23.3. The summed E-state index contributed by atoms with van der Waals surface area (Å²) in [6.07, 6.45) is 9.32. The van der Waals surface area contributed by atoms with Crippen molar-refractivity contribution < 1.29 is 0 Å². The standard InChI is InChI=1S/C74H62N4/c1-50(2)65-14-11-15-66(51(3)4)74(65)63-40-43-78-73(48-63)62-38-39-69(70(47-62)59-36-34-58(35-37-59)57-28-26-54(49-75)27-29-57)68-13-6-5-12-67(68)64-45-55(20-18-52-22-30-60(31-23-52)71-16-7-9-41-76-71)44-56(46-64)21-19-53-24-32-61(33-25-53)72-17-8-10-42-77-72/h5-17,22-48,50-51H,18-21H2,1-4H3. The molecule has 3 aromatic heterocycles. The van der Waals surface area contributed by atoms with E-state index in [2.05, 4.69) is 220 Å². The Morgan fingerprint density at radius 2 is 0.795 bits per heavy atom. The van der Waals surface area contributed by atoms with Crippen molar-refractivity contribution in [3.8, 4) is 95.5 Å². The summed E-state index contributed by atoms with van der Waals surface area (Å²) >= 11 is 0. The van der Waals surface area contributed by atoms with E-state index in [1.807, 2.05) is 67.1 Å². The summed E-state index contributed by atoms with van der Waals surface area (Å²) in [7, 11) is 0. The molecule has 0 unspecified atom stereocenters. The van der Waals surface area contributed by atoms with Gasteiger partial charge in [-0.3, -0.25) is 15.0 Å². The van der Waals surface area contributed by atoms with Gasteiger partial charge >= 0.3 is 0 Å². The zero-order chi connectivity index (χ0) is 53.4. The molecule has 0 aliphatic carbocycles. The number of nitriles is 1. The fourth-order valence-electron chi connectivity index (χ4n) is 10.9. The van der Waals surface area contributed by atoms with Crippen LogP contribution in [0.2, 0.25) is 0 Å². The van der Waals surface area contributed by atoms with Crippen molar-refractivity contribution in [2.24, 2.45) is 0 Å². The first kappa shape index (κ1) is 50.8. The number of nitrogens with zero attached hydrogens (tertiary/aromatic N) is 4. The second-order valence-electron chi connectivity index (χ2n) is 21.0. The fourth-order valence-corrected chi connectivity index (χ4v) is 10.9. The third-order valence-corrected chi connectivity index (χ3v) is 15.1. The molecular weight excluding hydrogens is 945 g/mol. The quantitative estimate of drug-likeness (QED) is 0.0967. The molecule has 78 heavy (non-hydrogen) atoms. The number of aromatic nitrogens is 3. The summed E-state index contributed by atoms with van der Waals surface area (Å²) in [6, 6.07) is 83.1. The Balaban J connectivity index is 0.991. The van der Waals surface area contributed by atoms with Crippen molar-refractivity contribution in [3.63, 3.8) is 0 Å². The lowest BCUT2D eigenvalue weighted by molar-refractivity contribution is 0.838. The van der Waals surface area contributed by atoms with Crippen LogP contribution >= 0.6 is 0 Å². The molecule has 11 aromatic rings. The van der Waals surface area contributed by atoms with E-state index in [9.17, 15) is 5.26 Å². The molecule has 0 aliphatic heterocycles. The Labute approximate surface area is 460 Å². The minimum atomic E-state index is 0.372. The molecule has 0 N–H and O–H groups in total. The highest BCUT2D eigenvalue weighted by Gasteiger charge is 2.19. The Bertz CT molecular complexity index is 3740. The van der Waals surface area contributed by atoms with Crippen molar-refractivity contribution in [1.29, 1.82) is 5.26 Å². The van der Waals surface area contributed by atoms with Crippen LogP contribution in [0.3, 0.4) is 0 Å². The number of pyridine rings is 3. The first-order valence-electron chi connectivity index (χ1n) is 27.3. The molecule has 0 saturated carbocycles. The van der Waals surface area contributed by atoms with Gasteiger partial charge in [-0.1, -0.05) is 198 Å². The molecule has 378 valence electrons. The minimum Gasteiger partial charge on any atom is -0.256 e. The van der Waals surface area contributed by atoms with Gasteiger partial charge in [-0.25, -0.2) is 0 Å². The van der Waals surface area contributed by atoms with Crippen LogP contribution in [0.25, 0.3) is 89.4 Å². The van der Waals surface area contributed by atoms with Crippen LogP contribution in [0, 0.1) is 11.3 Å². The Hall–Kier alpha value is -9.30. The highest BCUT2D eigenvalue weighted by atomic mass is 14.7. The predicted octanol–water partition coefficient (Wildman–Crippen LogP) is 18.9. The summed E-state index contributed by atoms with van der Waals surface area (Å²) in [5, 5.41) is 9.50. The van der Waals surface area contributed by atoms with Crippen LogP contribution in [0.4, 0.5) is 0 Å². The number of rotatable bonds is 16. The highest BCUT2D eigenvalue weighted by Crippen LogP contribution is 2.43. The molecular formula is C74H62N4. The van der Waals surface area contributed by atoms with Crippen molar-refractivity contribution >= 4 is 0 Å². The molecule has 0 radical (unpaired) electrons. The van der Waals surface area contributed by atoms with Gasteiger partial charge in [-0.05, 0) is 181 Å². The lowest BCUT2D eigenvalue weighted by Crippen LogP contribution is -2.00. The summed E-state index contributed by atoms with van der Waals surface area (Å²) in [5.41, 5.74) is 26.4. The molecule has 0 bridgehead atoms. The van der Waals surface area contributed by atoms with E-state index in [1.165, 1.54) is 61.2 Å². The first-order valence-corrected chi connectivity index (χ1v) is 27.3. The number of hydrogen-bond donors (Lipinski definition) is 0. The summed E-state index contributed by atoms with van der Waals surface area (Å²) in [6.45, 7) is 9.14. The predicted molar refractivity (Wildman–Crippen MR) is 324 cm³/mol. The number of aryl methyl sites for hydroxylation is 4. The van der Waals surface area contributed by atoms with Gasteiger partial charge in [0.05, 0.1) is 28.7 Å². The van der Waals surface area contributed by atoms with Crippen molar-refractivity contribution in [2.45, 2.75) is 65.2 Å². The van der Waals surface area contributed by atoms with Crippen molar-refractivity contribution in [2.75, 3.05) is 0 Å². The maximum absolute atomic E-state index is 9.50. The van der Waals surface area contributed by atoms with Gasteiger partial charge in [0.1, 0.15) is 0 Å². The molecule has 0 saturated heterocycles. The molecule has 0 atom stereocenters. The van der Waals surface area contributed by atoms with Gasteiger partial charge in [0.2, 0.25) is 0 Å². The van der Waals surface area contributed by atoms with Crippen molar-refractivity contribution in [3.05, 3.63) is 282 Å². The molecule has 0 amide bonds. The molecule has 11 rings (SSSR count). The molecule has 0 aliphatic rings. The van der Waals surface area contributed by atoms with E-state index in [4.69, 9.17) is 4.98 Å². The summed E-state index contributed by atoms with van der Waals surface area (Å²) in [4.78, 5) is 14.2. The summed E-state index contributed by atoms with van der Waals surface area (Å²) < 4.78 is 0. The average molecular weight is 1010 g/mol. The van der Waals surface area contributed by atoms with Crippen LogP contribution in [0.1, 0.15) is 78.5 Å². The van der Waals surface area contributed by atoms with Gasteiger partial charge in [0.25, 0.3) is 0 Å². The van der Waals surface area contributed by atoms with E-state index >= 15 is 0 Å². The first-order chi connectivity index (χ1) is 38.2. The minimum absolute atomic E-state index is 0.372. The van der Waals surface area contributed by atoms with E-state index < -0.39 is 0 Å². The van der Waals surface area contributed by atoms with Gasteiger partial charge in [0.15, 0.2) is 0 Å². The van der Waals surface area contributed by atoms with Gasteiger partial charge in [-0.15, -0.1) is 0 Å². The lowest BCUT2D eigenvalue weighted by Gasteiger charge is -2.20. The van der Waals surface area contributed by atoms with E-state index in [-0.39, 0.29) is 0 Å². The largest absolute Gasteiger partial charge is 0.256 e. The Kier molecular flexibility index (Phi) is 15.2. The van der Waals surface area contributed by atoms with Crippen LogP contribution < -0.4 is 0 Å². The normalized spacial score (nSPS) is 11.2. The Morgan fingerprint density at radius 3 is 1.33 bits per heavy atom. The second-order valence-corrected chi connectivity index (χ2v) is 21.0. The van der Waals surface area contributed by atoms with Gasteiger partial charge in [0, 0.05) is 35.3 Å². The smallest absolute Gasteiger partial charge is 0.0991 e. The maximum atomic E-state index is 9.50. The fraction of sp³-hybridized carbons (Fsp3) is 0.135. The zero-order valence-electron chi connectivity index (χ0n) is 44.9. The molecule has 3 heterocycles. The third-order valence-electron chi connectivity index (χ3n) is 15.1. The van der Waals surface area contributed by atoms with Crippen molar-refractivity contribution in [1.82, 2.24) is 15.0 Å². The van der Waals surface area contributed by atoms with Gasteiger partial charge in [-0.2, -0.15) is 5.26 Å². The Morgan fingerprint density at radius 1 is 0.321 bits per heavy atom. The number of hydrogen-bond acceptors (Lipinski definition) is 4. The van der Waals surface area contributed by atoms with E-state index in [0.29, 0.717) is 17.4 Å². The molecule has 0 fully saturated rings. The van der Waals surface area contributed by atoms with E-state index in [0.717, 1.165) is 87.3 Å². The molecule has 4 heteroatoms. The lowest BCUT2D eigenvalue weighted by atomic mass is 9.84. The maximum Gasteiger partial charge on any atom is 0.0991 e. The summed E-state index contributed by atoms with van der Waals surface area (Å²) in [5.74, 6) is 0.743. The molecule has 8 aromatic carbocycles. The molecule has 0 spiro atoms. The third kappa shape index (κ3) is 11.4.